The summed E-state index contributed by atoms with van der Waals surface area (Å²) in [6.45, 7) is 0. The Hall–Kier alpha value is -1.55. The molecule has 0 amide bonds. The van der Waals surface area contributed by atoms with Gasteiger partial charge in [0.15, 0.2) is 0 Å². The van der Waals surface area contributed by atoms with Crippen LogP contribution in [0.1, 0.15) is 49.0 Å². The van der Waals surface area contributed by atoms with Crippen molar-refractivity contribution in [2.45, 2.75) is 53.0 Å². The molecule has 0 aliphatic heterocycles. The number of rotatable bonds is 5. The van der Waals surface area contributed by atoms with Crippen molar-refractivity contribution in [2.24, 2.45) is 22.7 Å². The van der Waals surface area contributed by atoms with Crippen LogP contribution in [0.5, 0.6) is 0 Å². The molecular weight excluding hydrogens is 438 g/mol. The number of hydrogen-bond acceptors (Lipinski definition) is 3. The maximum Gasteiger partial charge on any atom is 0.0653 e. The molecule has 3 aromatic rings. The van der Waals surface area contributed by atoms with E-state index >= 15 is 0 Å². The molecule has 31 heavy (non-hydrogen) atoms. The smallest absolute Gasteiger partial charge is 0.0653 e. The Labute approximate surface area is 198 Å². The first kappa shape index (κ1) is 20.1. The minimum Gasteiger partial charge on any atom is -0.255 e. The van der Waals surface area contributed by atoms with Crippen LogP contribution >= 0.6 is 34.7 Å². The van der Waals surface area contributed by atoms with E-state index in [1.54, 1.807) is 28.7 Å². The van der Waals surface area contributed by atoms with Gasteiger partial charge in [-0.3, -0.25) is 4.99 Å². The third-order valence-corrected chi connectivity index (χ3v) is 9.90. The summed E-state index contributed by atoms with van der Waals surface area (Å²) in [6, 6.07) is 21.5. The van der Waals surface area contributed by atoms with Crippen molar-refractivity contribution < 1.29 is 0 Å². The molecule has 4 bridgehead atoms. The number of nitrogens with zero attached hydrogens (tertiary/aromatic N) is 1. The molecule has 7 rings (SSSR count). The molecule has 0 saturated heterocycles. The van der Waals surface area contributed by atoms with E-state index in [2.05, 4.69) is 48.5 Å². The summed E-state index contributed by atoms with van der Waals surface area (Å²) in [5.41, 5.74) is 3.09. The van der Waals surface area contributed by atoms with E-state index in [1.165, 1.54) is 52.5 Å². The molecule has 4 aliphatic carbocycles. The Balaban J connectivity index is 1.14. The molecular formula is C27H26ClNS2. The predicted octanol–water partition coefficient (Wildman–Crippen LogP) is 8.77. The lowest BCUT2D eigenvalue weighted by molar-refractivity contribution is -0.00518. The molecule has 4 aliphatic rings. The molecule has 0 unspecified atom stereocenters. The van der Waals surface area contributed by atoms with E-state index in [0.29, 0.717) is 5.41 Å². The first-order chi connectivity index (χ1) is 15.1. The lowest BCUT2D eigenvalue weighted by Gasteiger charge is -2.57. The van der Waals surface area contributed by atoms with Gasteiger partial charge in [-0.2, -0.15) is 0 Å². The second kappa shape index (κ2) is 8.10. The number of benzene rings is 2. The molecule has 4 heteroatoms. The molecule has 0 radical (unpaired) electrons. The molecule has 158 valence electrons. The van der Waals surface area contributed by atoms with Crippen LogP contribution in [0.4, 0.5) is 5.69 Å². The van der Waals surface area contributed by atoms with E-state index < -0.39 is 0 Å². The van der Waals surface area contributed by atoms with Crippen LogP contribution in [-0.2, 0) is 5.41 Å². The number of hydrogen-bond donors (Lipinski definition) is 0. The van der Waals surface area contributed by atoms with Crippen LogP contribution in [0.15, 0.2) is 74.8 Å². The van der Waals surface area contributed by atoms with E-state index in [9.17, 15) is 0 Å². The molecule has 4 fully saturated rings. The third kappa shape index (κ3) is 4.13. The summed E-state index contributed by atoms with van der Waals surface area (Å²) in [7, 11) is 0. The Bertz CT molecular complexity index is 1060. The first-order valence-corrected chi connectivity index (χ1v) is 13.3. The average molecular weight is 464 g/mol. The highest BCUT2D eigenvalue weighted by Gasteiger charge is 2.51. The Morgan fingerprint density at radius 1 is 0.839 bits per heavy atom. The Kier molecular flexibility index (Phi) is 5.25. The first-order valence-electron chi connectivity index (χ1n) is 11.3. The highest BCUT2D eigenvalue weighted by Crippen LogP contribution is 2.60. The van der Waals surface area contributed by atoms with Crippen molar-refractivity contribution in [3.05, 3.63) is 76.1 Å². The van der Waals surface area contributed by atoms with E-state index in [4.69, 9.17) is 16.6 Å². The number of halogens is 1. The molecule has 2 aromatic carbocycles. The van der Waals surface area contributed by atoms with Crippen LogP contribution in [0.25, 0.3) is 0 Å². The minimum atomic E-state index is 0.471. The van der Waals surface area contributed by atoms with Gasteiger partial charge in [-0.25, -0.2) is 0 Å². The summed E-state index contributed by atoms with van der Waals surface area (Å²) in [5, 5.41) is 0.776. The molecule has 1 heterocycles. The van der Waals surface area contributed by atoms with Crippen LogP contribution in [0, 0.1) is 17.8 Å². The van der Waals surface area contributed by atoms with Gasteiger partial charge in [-0.05, 0) is 116 Å². The average Bonchev–Trinajstić information content (AvgIpc) is 3.21. The zero-order valence-electron chi connectivity index (χ0n) is 17.5. The standard InChI is InChI=1S/C27H26ClNS2/c28-22-3-7-24(8-4-22)30-26-10-9-25(31-26)17-29-23-5-1-21(2-6-23)27-14-18-11-19(15-27)13-20(12-18)16-27/h1-10,17-20H,11-16H2. The Morgan fingerprint density at radius 2 is 1.48 bits per heavy atom. The van der Waals surface area contributed by atoms with Gasteiger partial charge in [0.1, 0.15) is 0 Å². The summed E-state index contributed by atoms with van der Waals surface area (Å²) in [6.07, 6.45) is 10.8. The molecule has 4 saturated carbocycles. The molecule has 0 atom stereocenters. The number of aliphatic imine (C=N–C) groups is 1. The molecule has 0 spiro atoms. The van der Waals surface area contributed by atoms with Crippen molar-refractivity contribution in [3.8, 4) is 0 Å². The largest absolute Gasteiger partial charge is 0.255 e. The van der Waals surface area contributed by atoms with Crippen molar-refractivity contribution >= 4 is 46.6 Å². The number of thiophene rings is 1. The van der Waals surface area contributed by atoms with E-state index in [-0.39, 0.29) is 0 Å². The lowest BCUT2D eigenvalue weighted by Crippen LogP contribution is -2.48. The van der Waals surface area contributed by atoms with Gasteiger partial charge < -0.3 is 0 Å². The van der Waals surface area contributed by atoms with Crippen molar-refractivity contribution in [2.75, 3.05) is 0 Å². The van der Waals surface area contributed by atoms with Gasteiger partial charge in [0, 0.05) is 21.0 Å². The highest BCUT2D eigenvalue weighted by atomic mass is 35.5. The fraction of sp³-hybridized carbons (Fsp3) is 0.370. The van der Waals surface area contributed by atoms with Gasteiger partial charge in [0.05, 0.1) is 9.90 Å². The molecule has 1 aromatic heterocycles. The van der Waals surface area contributed by atoms with Gasteiger partial charge in [0.25, 0.3) is 0 Å². The normalized spacial score (nSPS) is 29.1. The summed E-state index contributed by atoms with van der Waals surface area (Å²) >= 11 is 9.52. The van der Waals surface area contributed by atoms with Gasteiger partial charge in [-0.1, -0.05) is 35.5 Å². The van der Waals surface area contributed by atoms with Crippen LogP contribution in [0.3, 0.4) is 0 Å². The van der Waals surface area contributed by atoms with E-state index in [0.717, 1.165) is 28.5 Å². The second-order valence-electron chi connectivity index (χ2n) is 9.72. The van der Waals surface area contributed by atoms with Crippen molar-refractivity contribution in [3.63, 3.8) is 0 Å². The zero-order valence-corrected chi connectivity index (χ0v) is 19.9. The fourth-order valence-corrected chi connectivity index (χ4v) is 8.70. The maximum atomic E-state index is 5.98. The molecule has 0 N–H and O–H groups in total. The van der Waals surface area contributed by atoms with E-state index in [1.807, 2.05) is 18.3 Å². The van der Waals surface area contributed by atoms with Crippen LogP contribution < -0.4 is 0 Å². The minimum absolute atomic E-state index is 0.471. The summed E-state index contributed by atoms with van der Waals surface area (Å²) in [5.74, 6) is 2.97. The third-order valence-electron chi connectivity index (χ3n) is 7.49. The quantitative estimate of drug-likeness (QED) is 0.344. The zero-order chi connectivity index (χ0) is 20.8. The van der Waals surface area contributed by atoms with Crippen LogP contribution in [-0.4, -0.2) is 6.21 Å². The monoisotopic (exact) mass is 463 g/mol. The summed E-state index contributed by atoms with van der Waals surface area (Å²) < 4.78 is 1.26. The maximum absolute atomic E-state index is 5.98. The Morgan fingerprint density at radius 3 is 2.13 bits per heavy atom. The van der Waals surface area contributed by atoms with Crippen LogP contribution in [0.2, 0.25) is 5.02 Å². The fourth-order valence-electron chi connectivity index (χ4n) is 6.58. The van der Waals surface area contributed by atoms with Crippen molar-refractivity contribution in [1.29, 1.82) is 0 Å². The summed E-state index contributed by atoms with van der Waals surface area (Å²) in [4.78, 5) is 7.14. The van der Waals surface area contributed by atoms with Gasteiger partial charge in [0.2, 0.25) is 0 Å². The predicted molar refractivity (Wildman–Crippen MR) is 133 cm³/mol. The highest BCUT2D eigenvalue weighted by molar-refractivity contribution is 8.01. The topological polar surface area (TPSA) is 12.4 Å². The second-order valence-corrected chi connectivity index (χ2v) is 12.6. The van der Waals surface area contributed by atoms with Gasteiger partial charge >= 0.3 is 0 Å². The van der Waals surface area contributed by atoms with Gasteiger partial charge in [-0.15, -0.1) is 11.3 Å². The van der Waals surface area contributed by atoms with Crippen molar-refractivity contribution in [1.82, 2.24) is 0 Å². The molecule has 1 nitrogen and oxygen atoms in total. The lowest BCUT2D eigenvalue weighted by atomic mass is 9.48. The SMILES string of the molecule is Clc1ccc(Sc2ccc(C=Nc3ccc(C45CC6CC(CC(C6)C4)C5)cc3)s2)cc1.